The molecule has 10 heteroatoms. The predicted molar refractivity (Wildman–Crippen MR) is 130 cm³/mol. The highest BCUT2D eigenvalue weighted by molar-refractivity contribution is 6.08. The molecule has 5 rings (SSSR count). The van der Waals surface area contributed by atoms with Crippen molar-refractivity contribution >= 4 is 22.9 Å². The van der Waals surface area contributed by atoms with Crippen molar-refractivity contribution in [1.29, 1.82) is 0 Å². The molecule has 0 fully saturated rings. The lowest BCUT2D eigenvalue weighted by atomic mass is 10.0. The molecule has 0 bridgehead atoms. The van der Waals surface area contributed by atoms with Gasteiger partial charge in [-0.1, -0.05) is 30.3 Å². The normalized spacial score (nSPS) is 13.5. The van der Waals surface area contributed by atoms with Crippen molar-refractivity contribution in [1.82, 2.24) is 19.1 Å². The summed E-state index contributed by atoms with van der Waals surface area (Å²) >= 11 is 0. The summed E-state index contributed by atoms with van der Waals surface area (Å²) in [7, 11) is 0. The molecular weight excluding hydrogens is 448 g/mol. The maximum atomic E-state index is 13.4. The minimum Gasteiger partial charge on any atom is -0.329 e. The van der Waals surface area contributed by atoms with Gasteiger partial charge in [-0.25, -0.2) is 0 Å². The van der Waals surface area contributed by atoms with Gasteiger partial charge in [-0.3, -0.25) is 24.6 Å². The minimum atomic E-state index is -0.499. The highest BCUT2D eigenvalue weighted by Crippen LogP contribution is 2.23. The lowest BCUT2D eigenvalue weighted by Gasteiger charge is -2.30. The first-order chi connectivity index (χ1) is 17.0. The lowest BCUT2D eigenvalue weighted by molar-refractivity contribution is -0.384. The summed E-state index contributed by atoms with van der Waals surface area (Å²) in [4.78, 5) is 39.1. The van der Waals surface area contributed by atoms with Gasteiger partial charge < -0.3 is 9.88 Å². The third-order valence-electron chi connectivity index (χ3n) is 6.32. The molecule has 0 saturated carbocycles. The van der Waals surface area contributed by atoms with Gasteiger partial charge >= 0.3 is 0 Å². The van der Waals surface area contributed by atoms with E-state index in [9.17, 15) is 19.7 Å². The summed E-state index contributed by atoms with van der Waals surface area (Å²) < 4.78 is 3.30. The maximum Gasteiger partial charge on any atom is 0.279 e. The zero-order chi connectivity index (χ0) is 24.5. The number of fused-ring (bicyclic) bond motifs is 2. The molecule has 0 unspecified atom stereocenters. The number of nitrogens with zero attached hydrogens (tertiary/aromatic N) is 5. The van der Waals surface area contributed by atoms with Gasteiger partial charge in [-0.2, -0.15) is 9.61 Å². The largest absolute Gasteiger partial charge is 0.329 e. The average molecular weight is 473 g/mol. The Morgan fingerprint density at radius 3 is 2.57 bits per heavy atom. The van der Waals surface area contributed by atoms with Crippen LogP contribution in [0.3, 0.4) is 0 Å². The molecule has 0 atom stereocenters. The molecule has 1 N–H and O–H groups in total. The van der Waals surface area contributed by atoms with E-state index in [1.54, 1.807) is 0 Å². The van der Waals surface area contributed by atoms with E-state index >= 15 is 0 Å². The zero-order valence-electron chi connectivity index (χ0n) is 19.2. The number of nitro groups is 1. The Kier molecular flexibility index (Phi) is 5.87. The van der Waals surface area contributed by atoms with Gasteiger partial charge in [-0.05, 0) is 24.6 Å². The van der Waals surface area contributed by atoms with Crippen molar-refractivity contribution in [3.8, 4) is 0 Å². The molecular formula is C25H24N6O4. The Balaban J connectivity index is 1.47. The van der Waals surface area contributed by atoms with E-state index in [4.69, 9.17) is 0 Å². The number of non-ortho nitro benzene ring substituents is 1. The summed E-state index contributed by atoms with van der Waals surface area (Å²) in [6, 6.07) is 15.7. The maximum absolute atomic E-state index is 13.4. The first-order valence-corrected chi connectivity index (χ1v) is 11.4. The van der Waals surface area contributed by atoms with Gasteiger partial charge in [0.05, 0.1) is 16.7 Å². The van der Waals surface area contributed by atoms with Crippen LogP contribution >= 0.6 is 0 Å². The summed E-state index contributed by atoms with van der Waals surface area (Å²) in [5.74, 6) is -0.433. The smallest absolute Gasteiger partial charge is 0.279 e. The van der Waals surface area contributed by atoms with Gasteiger partial charge in [0.1, 0.15) is 5.56 Å². The van der Waals surface area contributed by atoms with Crippen LogP contribution in [0.5, 0.6) is 0 Å². The number of anilines is 1. The molecule has 1 aliphatic rings. The quantitative estimate of drug-likeness (QED) is 0.340. The molecule has 2 aromatic heterocycles. The highest BCUT2D eigenvalue weighted by Gasteiger charge is 2.27. The monoisotopic (exact) mass is 472 g/mol. The number of carbonyl (C=O) groups excluding carboxylic acids is 1. The van der Waals surface area contributed by atoms with Crippen LogP contribution in [0, 0.1) is 10.1 Å². The van der Waals surface area contributed by atoms with Crippen molar-refractivity contribution in [3.05, 3.63) is 104 Å². The molecule has 1 aliphatic heterocycles. The van der Waals surface area contributed by atoms with Crippen molar-refractivity contribution < 1.29 is 9.72 Å². The van der Waals surface area contributed by atoms with Crippen LogP contribution in [0.25, 0.3) is 5.65 Å². The Hall–Kier alpha value is -4.31. The molecule has 4 aromatic rings. The fraction of sp³-hybridized carbons (Fsp3) is 0.240. The molecule has 0 radical (unpaired) electrons. The van der Waals surface area contributed by atoms with Crippen LogP contribution in [-0.2, 0) is 26.1 Å². The van der Waals surface area contributed by atoms with E-state index in [0.29, 0.717) is 36.4 Å². The van der Waals surface area contributed by atoms with Gasteiger partial charge in [0.15, 0.2) is 5.65 Å². The summed E-state index contributed by atoms with van der Waals surface area (Å²) in [5, 5.41) is 17.9. The van der Waals surface area contributed by atoms with Crippen molar-refractivity contribution in [2.45, 2.75) is 33.0 Å². The fourth-order valence-corrected chi connectivity index (χ4v) is 4.65. The number of hydrogen-bond donors (Lipinski definition) is 1. The molecule has 1 amide bonds. The average Bonchev–Trinajstić information content (AvgIpc) is 3.31. The molecule has 0 saturated heterocycles. The first-order valence-electron chi connectivity index (χ1n) is 11.4. The van der Waals surface area contributed by atoms with E-state index in [1.165, 1.54) is 40.5 Å². The third kappa shape index (κ3) is 4.19. The van der Waals surface area contributed by atoms with E-state index in [1.807, 2.05) is 29.7 Å². The van der Waals surface area contributed by atoms with E-state index < -0.39 is 10.8 Å². The van der Waals surface area contributed by atoms with Crippen LogP contribution in [0.2, 0.25) is 0 Å². The second-order valence-electron chi connectivity index (χ2n) is 8.47. The number of rotatable bonds is 6. The first kappa shape index (κ1) is 22.5. The summed E-state index contributed by atoms with van der Waals surface area (Å²) in [5.41, 5.74) is 3.69. The second kappa shape index (κ2) is 9.15. The van der Waals surface area contributed by atoms with E-state index in [2.05, 4.69) is 27.4 Å². The summed E-state index contributed by atoms with van der Waals surface area (Å²) in [6.07, 6.45) is 2.09. The van der Waals surface area contributed by atoms with Crippen molar-refractivity contribution in [2.24, 2.45) is 0 Å². The summed E-state index contributed by atoms with van der Waals surface area (Å²) in [6.45, 7) is 4.63. The second-order valence-corrected chi connectivity index (χ2v) is 8.47. The van der Waals surface area contributed by atoms with Crippen LogP contribution < -0.4 is 10.9 Å². The predicted octanol–water partition coefficient (Wildman–Crippen LogP) is 3.23. The Labute approximate surface area is 200 Å². The Morgan fingerprint density at radius 1 is 1.14 bits per heavy atom. The molecule has 0 spiro atoms. The van der Waals surface area contributed by atoms with Crippen LogP contribution in [0.1, 0.15) is 34.1 Å². The van der Waals surface area contributed by atoms with Crippen molar-refractivity contribution in [2.75, 3.05) is 11.9 Å². The van der Waals surface area contributed by atoms with Gasteiger partial charge in [0.25, 0.3) is 17.2 Å². The Bertz CT molecular complexity index is 1470. The number of nitro benzene ring substituents is 1. The molecule has 10 nitrogen and oxygen atoms in total. The van der Waals surface area contributed by atoms with E-state index in [0.717, 1.165) is 18.8 Å². The Morgan fingerprint density at radius 2 is 1.89 bits per heavy atom. The minimum absolute atomic E-state index is 0.0632. The number of aromatic nitrogens is 3. The standard InChI is InChI=1S/C25H24N6O4/c1-2-29-22-12-13-28(15-17-6-4-3-5-7-17)16-21(22)25(33)30-24(29)20(14-26-30)23(32)27-18-8-10-19(11-9-18)31(34)35/h3-11,14H,2,12-13,15-16H2,1H3,(H,27,32). The topological polar surface area (TPSA) is 115 Å². The SMILES string of the molecule is CCn1c2c(c(=O)n3ncc(C(=O)Nc4ccc([N+](=O)[O-])cc4)c13)CN(Cc1ccccc1)CC2. The molecule has 35 heavy (non-hydrogen) atoms. The number of carbonyl (C=O) groups is 1. The van der Waals surface area contributed by atoms with Gasteiger partial charge in [-0.15, -0.1) is 0 Å². The number of aryl methyl sites for hydroxylation is 1. The number of benzene rings is 2. The number of hydrogen-bond acceptors (Lipinski definition) is 6. The van der Waals surface area contributed by atoms with Crippen LogP contribution in [0.4, 0.5) is 11.4 Å². The van der Waals surface area contributed by atoms with Crippen molar-refractivity contribution in [3.63, 3.8) is 0 Å². The molecule has 178 valence electrons. The number of nitrogens with one attached hydrogen (secondary N) is 1. The molecule has 2 aromatic carbocycles. The van der Waals surface area contributed by atoms with Gasteiger partial charge in [0, 0.05) is 56.1 Å². The fourth-order valence-electron chi connectivity index (χ4n) is 4.65. The zero-order valence-corrected chi connectivity index (χ0v) is 19.2. The van der Waals surface area contributed by atoms with Gasteiger partial charge in [0.2, 0.25) is 0 Å². The highest BCUT2D eigenvalue weighted by atomic mass is 16.6. The number of amides is 1. The molecule has 0 aliphatic carbocycles. The molecule has 3 heterocycles. The van der Waals surface area contributed by atoms with Crippen LogP contribution in [0.15, 0.2) is 65.6 Å². The lowest BCUT2D eigenvalue weighted by Crippen LogP contribution is -2.38. The van der Waals surface area contributed by atoms with Crippen LogP contribution in [-0.4, -0.2) is 36.5 Å². The third-order valence-corrected chi connectivity index (χ3v) is 6.32. The van der Waals surface area contributed by atoms with E-state index in [-0.39, 0.29) is 16.8 Å².